The number of hydrogen-bond acceptors (Lipinski definition) is 2. The van der Waals surface area contributed by atoms with Gasteiger partial charge in [-0.15, -0.1) is 0 Å². The number of ether oxygens (including phenoxy) is 1. The fraction of sp³-hybridized carbons (Fsp3) is 0.462. The van der Waals surface area contributed by atoms with E-state index in [1.54, 1.807) is 0 Å². The molecule has 0 radical (unpaired) electrons. The Morgan fingerprint density at radius 2 is 2.00 bits per heavy atom. The van der Waals surface area contributed by atoms with Crippen LogP contribution in [0.3, 0.4) is 0 Å². The highest BCUT2D eigenvalue weighted by Crippen LogP contribution is 2.27. The van der Waals surface area contributed by atoms with Crippen molar-refractivity contribution in [3.63, 3.8) is 0 Å². The number of rotatable bonds is 3. The molecule has 0 N–H and O–H groups in total. The van der Waals surface area contributed by atoms with E-state index in [-0.39, 0.29) is 5.41 Å². The van der Waals surface area contributed by atoms with E-state index in [9.17, 15) is 4.79 Å². The first-order chi connectivity index (χ1) is 6.99. The summed E-state index contributed by atoms with van der Waals surface area (Å²) >= 11 is 0. The van der Waals surface area contributed by atoms with Crippen molar-refractivity contribution < 1.29 is 9.53 Å². The normalized spacial score (nSPS) is 11.2. The monoisotopic (exact) mass is 206 g/mol. The topological polar surface area (TPSA) is 26.3 Å². The summed E-state index contributed by atoms with van der Waals surface area (Å²) in [5.74, 6) is 0.680. The number of carbonyl (C=O) groups is 1. The Hall–Kier alpha value is -1.31. The van der Waals surface area contributed by atoms with E-state index in [1.165, 1.54) is 5.56 Å². The van der Waals surface area contributed by atoms with Gasteiger partial charge < -0.3 is 4.74 Å². The average molecular weight is 206 g/mol. The first kappa shape index (κ1) is 11.8. The molecule has 15 heavy (non-hydrogen) atoms. The van der Waals surface area contributed by atoms with Gasteiger partial charge in [0.1, 0.15) is 5.75 Å². The summed E-state index contributed by atoms with van der Waals surface area (Å²) in [5, 5.41) is 0. The van der Waals surface area contributed by atoms with Crippen LogP contribution in [-0.2, 0) is 5.41 Å². The van der Waals surface area contributed by atoms with Crippen LogP contribution in [0.2, 0.25) is 0 Å². The highest BCUT2D eigenvalue weighted by molar-refractivity contribution is 5.79. The predicted octanol–water partition coefficient (Wildman–Crippen LogP) is 3.20. The van der Waals surface area contributed by atoms with Gasteiger partial charge in [0.05, 0.1) is 12.2 Å². The standard InChI is InChI=1S/C13H18O2/c1-5-15-12-8-11(13(2,3)4)7-6-10(12)9-14/h6-9H,5H2,1-4H3. The van der Waals surface area contributed by atoms with Crippen molar-refractivity contribution in [2.75, 3.05) is 6.61 Å². The number of carbonyl (C=O) groups excluding carboxylic acids is 1. The number of hydrogen-bond donors (Lipinski definition) is 0. The molecule has 0 aliphatic heterocycles. The molecule has 0 aliphatic carbocycles. The molecule has 0 saturated heterocycles. The zero-order chi connectivity index (χ0) is 11.5. The lowest BCUT2D eigenvalue weighted by molar-refractivity contribution is 0.112. The third kappa shape index (κ3) is 2.82. The molecule has 2 nitrogen and oxygen atoms in total. The molecule has 0 atom stereocenters. The Labute approximate surface area is 91.3 Å². The predicted molar refractivity (Wildman–Crippen MR) is 61.7 cm³/mol. The molecule has 0 unspecified atom stereocenters. The molecule has 0 fully saturated rings. The highest BCUT2D eigenvalue weighted by atomic mass is 16.5. The number of benzene rings is 1. The smallest absolute Gasteiger partial charge is 0.153 e. The van der Waals surface area contributed by atoms with Crippen LogP contribution >= 0.6 is 0 Å². The summed E-state index contributed by atoms with van der Waals surface area (Å²) in [6.45, 7) is 8.91. The second-order valence-electron chi connectivity index (χ2n) is 4.55. The molecule has 0 saturated carbocycles. The molecule has 0 aliphatic rings. The Balaban J connectivity index is 3.15. The van der Waals surface area contributed by atoms with Crippen molar-refractivity contribution in [3.05, 3.63) is 29.3 Å². The van der Waals surface area contributed by atoms with Crippen LogP contribution in [0.4, 0.5) is 0 Å². The maximum absolute atomic E-state index is 10.8. The minimum absolute atomic E-state index is 0.0767. The largest absolute Gasteiger partial charge is 0.493 e. The second kappa shape index (κ2) is 4.47. The summed E-state index contributed by atoms with van der Waals surface area (Å²) in [4.78, 5) is 10.8. The Kier molecular flexibility index (Phi) is 3.51. The van der Waals surface area contributed by atoms with Crippen LogP contribution in [0.25, 0.3) is 0 Å². The minimum atomic E-state index is 0.0767. The first-order valence-corrected chi connectivity index (χ1v) is 5.21. The third-order valence-electron chi connectivity index (χ3n) is 2.31. The Morgan fingerprint density at radius 1 is 1.33 bits per heavy atom. The molecule has 0 spiro atoms. The van der Waals surface area contributed by atoms with Crippen LogP contribution in [-0.4, -0.2) is 12.9 Å². The summed E-state index contributed by atoms with van der Waals surface area (Å²) in [7, 11) is 0. The molecule has 1 aromatic carbocycles. The van der Waals surface area contributed by atoms with Gasteiger partial charge in [0.15, 0.2) is 6.29 Å². The van der Waals surface area contributed by atoms with Gasteiger partial charge in [-0.2, -0.15) is 0 Å². The van der Waals surface area contributed by atoms with Gasteiger partial charge in [-0.1, -0.05) is 26.8 Å². The first-order valence-electron chi connectivity index (χ1n) is 5.21. The van der Waals surface area contributed by atoms with E-state index in [1.807, 2.05) is 25.1 Å². The van der Waals surface area contributed by atoms with E-state index in [0.717, 1.165) is 6.29 Å². The van der Waals surface area contributed by atoms with Crippen molar-refractivity contribution in [2.45, 2.75) is 33.1 Å². The van der Waals surface area contributed by atoms with Gasteiger partial charge in [-0.05, 0) is 30.0 Å². The summed E-state index contributed by atoms with van der Waals surface area (Å²) in [5.41, 5.74) is 1.87. The molecule has 0 amide bonds. The van der Waals surface area contributed by atoms with Crippen molar-refractivity contribution in [1.82, 2.24) is 0 Å². The zero-order valence-electron chi connectivity index (χ0n) is 9.83. The van der Waals surface area contributed by atoms with Crippen LogP contribution in [0.15, 0.2) is 18.2 Å². The second-order valence-corrected chi connectivity index (χ2v) is 4.55. The van der Waals surface area contributed by atoms with Crippen molar-refractivity contribution in [2.24, 2.45) is 0 Å². The van der Waals surface area contributed by atoms with Gasteiger partial charge in [0, 0.05) is 0 Å². The molecule has 1 aromatic rings. The average Bonchev–Trinajstić information content (AvgIpc) is 2.17. The molecule has 0 heterocycles. The van der Waals surface area contributed by atoms with Gasteiger partial charge in [0.2, 0.25) is 0 Å². The number of aldehydes is 1. The van der Waals surface area contributed by atoms with Crippen molar-refractivity contribution in [3.8, 4) is 5.75 Å². The zero-order valence-corrected chi connectivity index (χ0v) is 9.83. The van der Waals surface area contributed by atoms with E-state index in [0.29, 0.717) is 17.9 Å². The minimum Gasteiger partial charge on any atom is -0.493 e. The van der Waals surface area contributed by atoms with Crippen LogP contribution < -0.4 is 4.74 Å². The lowest BCUT2D eigenvalue weighted by Crippen LogP contribution is -2.11. The molecular weight excluding hydrogens is 188 g/mol. The third-order valence-corrected chi connectivity index (χ3v) is 2.31. The quantitative estimate of drug-likeness (QED) is 0.710. The van der Waals surface area contributed by atoms with Gasteiger partial charge in [-0.25, -0.2) is 0 Å². The highest BCUT2D eigenvalue weighted by Gasteiger charge is 2.15. The van der Waals surface area contributed by atoms with Crippen LogP contribution in [0, 0.1) is 0 Å². The molecular formula is C13H18O2. The van der Waals surface area contributed by atoms with E-state index < -0.39 is 0 Å². The maximum atomic E-state index is 10.8. The van der Waals surface area contributed by atoms with Gasteiger partial charge in [0.25, 0.3) is 0 Å². The Morgan fingerprint density at radius 3 is 2.47 bits per heavy atom. The summed E-state index contributed by atoms with van der Waals surface area (Å²) < 4.78 is 5.43. The fourth-order valence-electron chi connectivity index (χ4n) is 1.38. The fourth-order valence-corrected chi connectivity index (χ4v) is 1.38. The van der Waals surface area contributed by atoms with Crippen LogP contribution in [0.1, 0.15) is 43.6 Å². The Bertz CT molecular complexity index is 348. The van der Waals surface area contributed by atoms with E-state index >= 15 is 0 Å². The van der Waals surface area contributed by atoms with Gasteiger partial charge in [-0.3, -0.25) is 4.79 Å². The van der Waals surface area contributed by atoms with Crippen LogP contribution in [0.5, 0.6) is 5.75 Å². The summed E-state index contributed by atoms with van der Waals surface area (Å²) in [6, 6.07) is 5.75. The lowest BCUT2D eigenvalue weighted by Gasteiger charge is -2.20. The molecule has 2 heteroatoms. The molecule has 0 bridgehead atoms. The van der Waals surface area contributed by atoms with Crippen molar-refractivity contribution >= 4 is 6.29 Å². The maximum Gasteiger partial charge on any atom is 0.153 e. The van der Waals surface area contributed by atoms with E-state index in [4.69, 9.17) is 4.74 Å². The van der Waals surface area contributed by atoms with E-state index in [2.05, 4.69) is 20.8 Å². The molecule has 1 rings (SSSR count). The molecule has 82 valence electrons. The van der Waals surface area contributed by atoms with Gasteiger partial charge >= 0.3 is 0 Å². The molecule has 0 aromatic heterocycles. The summed E-state index contributed by atoms with van der Waals surface area (Å²) in [6.07, 6.45) is 0.831. The lowest BCUT2D eigenvalue weighted by atomic mass is 9.86. The SMILES string of the molecule is CCOc1cc(C(C)(C)C)ccc1C=O. The van der Waals surface area contributed by atoms with Crippen molar-refractivity contribution in [1.29, 1.82) is 0 Å².